The molecule has 0 aliphatic carbocycles. The quantitative estimate of drug-likeness (QED) is 0.828. The Labute approximate surface area is 121 Å². The van der Waals surface area contributed by atoms with Crippen molar-refractivity contribution in [2.24, 2.45) is 5.92 Å². The molecule has 1 aromatic heterocycles. The van der Waals surface area contributed by atoms with Crippen molar-refractivity contribution in [2.45, 2.75) is 26.3 Å². The summed E-state index contributed by atoms with van der Waals surface area (Å²) in [7, 11) is 0. The van der Waals surface area contributed by atoms with E-state index in [-0.39, 0.29) is 24.4 Å². The summed E-state index contributed by atoms with van der Waals surface area (Å²) in [4.78, 5) is 34.4. The summed E-state index contributed by atoms with van der Waals surface area (Å²) in [6, 6.07) is 2.03. The molecule has 1 amide bonds. The molecule has 1 atom stereocenters. The van der Waals surface area contributed by atoms with E-state index in [1.54, 1.807) is 13.8 Å². The van der Waals surface area contributed by atoms with Crippen LogP contribution in [0, 0.1) is 5.92 Å². The van der Waals surface area contributed by atoms with E-state index in [9.17, 15) is 14.4 Å². The van der Waals surface area contributed by atoms with Crippen LogP contribution in [-0.4, -0.2) is 28.1 Å². The van der Waals surface area contributed by atoms with Crippen LogP contribution >= 0.6 is 11.6 Å². The Bertz CT molecular complexity index is 554. The van der Waals surface area contributed by atoms with Gasteiger partial charge in [0.2, 0.25) is 5.91 Å². The van der Waals surface area contributed by atoms with Gasteiger partial charge >= 0.3 is 5.97 Å². The number of aromatic nitrogens is 1. The Morgan fingerprint density at radius 1 is 1.40 bits per heavy atom. The minimum Gasteiger partial charge on any atom is -0.481 e. The highest BCUT2D eigenvalue weighted by molar-refractivity contribution is 6.30. The lowest BCUT2D eigenvalue weighted by atomic mass is 10.0. The SMILES string of the molecule is CC(C)C(C(=O)NCCC(=O)O)n1cc(Cl)ccc1=O. The summed E-state index contributed by atoms with van der Waals surface area (Å²) in [5, 5.41) is 11.4. The molecule has 1 rings (SSSR count). The predicted octanol–water partition coefficient (Wildman–Crippen LogP) is 1.29. The number of carboxylic acids is 1. The normalized spacial score (nSPS) is 12.2. The molecule has 1 aromatic rings. The maximum atomic E-state index is 12.1. The van der Waals surface area contributed by atoms with Crippen molar-refractivity contribution in [1.29, 1.82) is 0 Å². The average molecular weight is 301 g/mol. The Hall–Kier alpha value is -1.82. The molecular formula is C13H17ClN2O4. The first-order valence-electron chi connectivity index (χ1n) is 6.20. The summed E-state index contributed by atoms with van der Waals surface area (Å²) in [6.45, 7) is 3.62. The van der Waals surface area contributed by atoms with E-state index >= 15 is 0 Å². The minimum absolute atomic E-state index is 0.0205. The molecule has 0 saturated carbocycles. The summed E-state index contributed by atoms with van der Waals surface area (Å²) >= 11 is 5.85. The van der Waals surface area contributed by atoms with E-state index in [0.29, 0.717) is 5.02 Å². The molecule has 0 spiro atoms. The molecule has 6 nitrogen and oxygen atoms in total. The van der Waals surface area contributed by atoms with Crippen molar-refractivity contribution >= 4 is 23.5 Å². The zero-order valence-electron chi connectivity index (χ0n) is 11.3. The van der Waals surface area contributed by atoms with Gasteiger partial charge < -0.3 is 15.0 Å². The van der Waals surface area contributed by atoms with E-state index in [0.717, 1.165) is 0 Å². The Kier molecular flexibility index (Phi) is 5.76. The van der Waals surface area contributed by atoms with Crippen LogP contribution in [0.4, 0.5) is 0 Å². The number of hydrogen-bond acceptors (Lipinski definition) is 3. The first-order valence-corrected chi connectivity index (χ1v) is 6.58. The second-order valence-electron chi connectivity index (χ2n) is 4.72. The van der Waals surface area contributed by atoms with Crippen molar-refractivity contribution in [3.63, 3.8) is 0 Å². The molecule has 1 heterocycles. The fourth-order valence-corrected chi connectivity index (χ4v) is 2.01. The van der Waals surface area contributed by atoms with Crippen LogP contribution in [0.5, 0.6) is 0 Å². The van der Waals surface area contributed by atoms with Crippen molar-refractivity contribution < 1.29 is 14.7 Å². The first-order chi connectivity index (χ1) is 9.32. The highest BCUT2D eigenvalue weighted by Gasteiger charge is 2.24. The van der Waals surface area contributed by atoms with E-state index in [1.807, 2.05) is 0 Å². The average Bonchev–Trinajstić information content (AvgIpc) is 2.33. The molecule has 7 heteroatoms. The monoisotopic (exact) mass is 300 g/mol. The van der Waals surface area contributed by atoms with Crippen molar-refractivity contribution in [2.75, 3.05) is 6.54 Å². The molecule has 0 fully saturated rings. The number of pyridine rings is 1. The number of carbonyl (C=O) groups excluding carboxylic acids is 1. The Morgan fingerprint density at radius 3 is 2.60 bits per heavy atom. The number of carbonyl (C=O) groups is 2. The van der Waals surface area contributed by atoms with Gasteiger partial charge in [-0.1, -0.05) is 25.4 Å². The molecule has 0 bridgehead atoms. The number of carboxylic acid groups (broad SMARTS) is 1. The van der Waals surface area contributed by atoms with Gasteiger partial charge in [-0.25, -0.2) is 0 Å². The molecule has 0 radical (unpaired) electrons. The van der Waals surface area contributed by atoms with Crippen LogP contribution in [0.1, 0.15) is 26.3 Å². The third-order valence-corrected chi connectivity index (χ3v) is 2.96. The smallest absolute Gasteiger partial charge is 0.305 e. The van der Waals surface area contributed by atoms with E-state index in [2.05, 4.69) is 5.32 Å². The Morgan fingerprint density at radius 2 is 2.05 bits per heavy atom. The largest absolute Gasteiger partial charge is 0.481 e. The van der Waals surface area contributed by atoms with Gasteiger partial charge in [-0.3, -0.25) is 14.4 Å². The zero-order valence-corrected chi connectivity index (χ0v) is 12.1. The van der Waals surface area contributed by atoms with Crippen molar-refractivity contribution in [1.82, 2.24) is 9.88 Å². The number of nitrogens with one attached hydrogen (secondary N) is 1. The predicted molar refractivity (Wildman–Crippen MR) is 74.8 cm³/mol. The molecule has 2 N–H and O–H groups in total. The van der Waals surface area contributed by atoms with Crippen LogP contribution in [0.15, 0.2) is 23.1 Å². The molecule has 1 unspecified atom stereocenters. The van der Waals surface area contributed by atoms with E-state index in [1.165, 1.54) is 22.9 Å². The lowest BCUT2D eigenvalue weighted by molar-refractivity contribution is -0.137. The van der Waals surface area contributed by atoms with Gasteiger partial charge in [0.1, 0.15) is 6.04 Å². The Balaban J connectivity index is 2.94. The number of aliphatic carboxylic acids is 1. The number of nitrogens with zero attached hydrogens (tertiary/aromatic N) is 1. The van der Waals surface area contributed by atoms with Gasteiger partial charge in [-0.15, -0.1) is 0 Å². The van der Waals surface area contributed by atoms with Crippen LogP contribution < -0.4 is 10.9 Å². The van der Waals surface area contributed by atoms with Crippen LogP contribution in [0.3, 0.4) is 0 Å². The van der Waals surface area contributed by atoms with Gasteiger partial charge in [0, 0.05) is 18.8 Å². The fraction of sp³-hybridized carbons (Fsp3) is 0.462. The number of amides is 1. The maximum absolute atomic E-state index is 12.1. The topological polar surface area (TPSA) is 88.4 Å². The summed E-state index contributed by atoms with van der Waals surface area (Å²) < 4.78 is 1.27. The van der Waals surface area contributed by atoms with Gasteiger partial charge in [0.05, 0.1) is 11.4 Å². The molecule has 0 aliphatic heterocycles. The lowest BCUT2D eigenvalue weighted by Crippen LogP contribution is -2.40. The molecule has 0 aliphatic rings. The summed E-state index contributed by atoms with van der Waals surface area (Å²) in [6.07, 6.45) is 1.24. The fourth-order valence-electron chi connectivity index (χ4n) is 1.84. The zero-order chi connectivity index (χ0) is 15.3. The highest BCUT2D eigenvalue weighted by atomic mass is 35.5. The number of halogens is 1. The van der Waals surface area contributed by atoms with Crippen LogP contribution in [0.2, 0.25) is 5.02 Å². The lowest BCUT2D eigenvalue weighted by Gasteiger charge is -2.22. The number of hydrogen-bond donors (Lipinski definition) is 2. The molecular weight excluding hydrogens is 284 g/mol. The highest BCUT2D eigenvalue weighted by Crippen LogP contribution is 2.17. The van der Waals surface area contributed by atoms with E-state index in [4.69, 9.17) is 16.7 Å². The standard InChI is InChI=1S/C13H17ClN2O4/c1-8(2)12(13(20)15-6-5-11(18)19)16-7-9(14)3-4-10(16)17/h3-4,7-8,12H,5-6H2,1-2H3,(H,15,20)(H,18,19). The van der Waals surface area contributed by atoms with Crippen LogP contribution in [-0.2, 0) is 9.59 Å². The second kappa shape index (κ2) is 7.09. The van der Waals surface area contributed by atoms with Gasteiger partial charge in [0.25, 0.3) is 5.56 Å². The first kappa shape index (κ1) is 16.2. The van der Waals surface area contributed by atoms with Gasteiger partial charge in [-0.2, -0.15) is 0 Å². The molecule has 0 saturated heterocycles. The van der Waals surface area contributed by atoms with E-state index < -0.39 is 17.9 Å². The summed E-state index contributed by atoms with van der Waals surface area (Å²) in [5.41, 5.74) is -0.332. The maximum Gasteiger partial charge on any atom is 0.305 e. The third-order valence-electron chi connectivity index (χ3n) is 2.74. The summed E-state index contributed by atoms with van der Waals surface area (Å²) in [5.74, 6) is -1.53. The minimum atomic E-state index is -0.994. The van der Waals surface area contributed by atoms with Gasteiger partial charge in [0.15, 0.2) is 0 Å². The van der Waals surface area contributed by atoms with Gasteiger partial charge in [-0.05, 0) is 12.0 Å². The van der Waals surface area contributed by atoms with Crippen LogP contribution in [0.25, 0.3) is 0 Å². The van der Waals surface area contributed by atoms with Crippen molar-refractivity contribution in [3.05, 3.63) is 33.7 Å². The molecule has 110 valence electrons. The molecule has 20 heavy (non-hydrogen) atoms. The second-order valence-corrected chi connectivity index (χ2v) is 5.15. The number of rotatable bonds is 6. The van der Waals surface area contributed by atoms with Crippen molar-refractivity contribution in [3.8, 4) is 0 Å². The third kappa shape index (κ3) is 4.38. The molecule has 0 aromatic carbocycles.